The maximum absolute atomic E-state index is 11.8. The summed E-state index contributed by atoms with van der Waals surface area (Å²) in [7, 11) is 1.60. The van der Waals surface area contributed by atoms with Gasteiger partial charge in [0.2, 0.25) is 11.8 Å². The number of rotatable bonds is 7. The fourth-order valence-electron chi connectivity index (χ4n) is 1.81. The summed E-state index contributed by atoms with van der Waals surface area (Å²) in [4.78, 5) is 24.3. The Morgan fingerprint density at radius 1 is 1.50 bits per heavy atom. The van der Waals surface area contributed by atoms with E-state index in [1.165, 1.54) is 4.90 Å². The minimum Gasteiger partial charge on any atom is -0.480 e. The summed E-state index contributed by atoms with van der Waals surface area (Å²) in [5.41, 5.74) is 0.755. The molecule has 0 aromatic carbocycles. The van der Waals surface area contributed by atoms with Crippen molar-refractivity contribution in [3.63, 3.8) is 0 Å². The number of aromatic nitrogens is 1. The summed E-state index contributed by atoms with van der Waals surface area (Å²) in [5.74, 6) is -0.790. The quantitative estimate of drug-likeness (QED) is 0.788. The standard InChI is InChI=1S/C13H21N3O4/c1-5-10(13(18)19)16(4)7-11(17)14-12-6-9(8(2)3)15-20-12/h6,8,10H,5,7H2,1-4H3,(H,14,17)(H,18,19). The Morgan fingerprint density at radius 2 is 2.15 bits per heavy atom. The van der Waals surface area contributed by atoms with Crippen LogP contribution in [0.1, 0.15) is 38.8 Å². The van der Waals surface area contributed by atoms with E-state index in [0.29, 0.717) is 6.42 Å². The number of carboxylic acids is 1. The number of carbonyl (C=O) groups is 2. The number of hydrogen-bond acceptors (Lipinski definition) is 5. The molecule has 20 heavy (non-hydrogen) atoms. The van der Waals surface area contributed by atoms with Crippen LogP contribution in [0.5, 0.6) is 0 Å². The van der Waals surface area contributed by atoms with Crippen molar-refractivity contribution in [1.82, 2.24) is 10.1 Å². The molecule has 0 bridgehead atoms. The molecule has 2 N–H and O–H groups in total. The van der Waals surface area contributed by atoms with Gasteiger partial charge in [0.25, 0.3) is 0 Å². The third-order valence-corrected chi connectivity index (χ3v) is 2.98. The number of carbonyl (C=O) groups excluding carboxylic acids is 1. The summed E-state index contributed by atoms with van der Waals surface area (Å²) in [5, 5.41) is 15.4. The molecule has 0 spiro atoms. The lowest BCUT2D eigenvalue weighted by molar-refractivity contribution is -0.143. The van der Waals surface area contributed by atoms with Crippen molar-refractivity contribution in [2.45, 2.75) is 39.2 Å². The Hall–Kier alpha value is -1.89. The molecule has 112 valence electrons. The van der Waals surface area contributed by atoms with Gasteiger partial charge in [-0.2, -0.15) is 0 Å². The molecule has 7 nitrogen and oxygen atoms in total. The van der Waals surface area contributed by atoms with Crippen molar-refractivity contribution < 1.29 is 19.2 Å². The second-order valence-corrected chi connectivity index (χ2v) is 5.00. The maximum Gasteiger partial charge on any atom is 0.320 e. The molecule has 1 aromatic heterocycles. The zero-order valence-corrected chi connectivity index (χ0v) is 12.2. The van der Waals surface area contributed by atoms with Crippen LogP contribution in [0.15, 0.2) is 10.6 Å². The van der Waals surface area contributed by atoms with Crippen LogP contribution in [0.25, 0.3) is 0 Å². The molecule has 0 fully saturated rings. The molecular formula is C13H21N3O4. The highest BCUT2D eigenvalue weighted by atomic mass is 16.5. The van der Waals surface area contributed by atoms with Gasteiger partial charge in [0.15, 0.2) is 0 Å². The molecule has 0 aliphatic rings. The Balaban J connectivity index is 2.56. The van der Waals surface area contributed by atoms with Gasteiger partial charge in [-0.3, -0.25) is 19.8 Å². The second kappa shape index (κ2) is 7.04. The third kappa shape index (κ3) is 4.34. The molecule has 0 saturated carbocycles. The van der Waals surface area contributed by atoms with Crippen LogP contribution in [-0.2, 0) is 9.59 Å². The fourth-order valence-corrected chi connectivity index (χ4v) is 1.81. The third-order valence-electron chi connectivity index (χ3n) is 2.98. The van der Waals surface area contributed by atoms with Crippen molar-refractivity contribution >= 4 is 17.8 Å². The minimum absolute atomic E-state index is 0.0253. The number of carboxylic acid groups (broad SMARTS) is 1. The molecule has 0 saturated heterocycles. The lowest BCUT2D eigenvalue weighted by Crippen LogP contribution is -2.42. The summed E-state index contributed by atoms with van der Waals surface area (Å²) < 4.78 is 5.00. The van der Waals surface area contributed by atoms with Gasteiger partial charge >= 0.3 is 5.97 Å². The first-order valence-corrected chi connectivity index (χ1v) is 6.54. The molecule has 1 heterocycles. The molecule has 0 aliphatic heterocycles. The average Bonchev–Trinajstić information content (AvgIpc) is 2.77. The van der Waals surface area contributed by atoms with Crippen molar-refractivity contribution in [3.8, 4) is 0 Å². The van der Waals surface area contributed by atoms with E-state index >= 15 is 0 Å². The van der Waals surface area contributed by atoms with Crippen molar-refractivity contribution in [2.24, 2.45) is 0 Å². The van der Waals surface area contributed by atoms with Crippen LogP contribution in [-0.4, -0.2) is 46.7 Å². The van der Waals surface area contributed by atoms with Crippen LogP contribution >= 0.6 is 0 Å². The Bertz CT molecular complexity index is 470. The first kappa shape index (κ1) is 16.2. The van der Waals surface area contributed by atoms with Gasteiger partial charge in [0.05, 0.1) is 12.2 Å². The molecule has 1 unspecified atom stereocenters. The number of amides is 1. The molecule has 1 atom stereocenters. The second-order valence-electron chi connectivity index (χ2n) is 5.00. The van der Waals surface area contributed by atoms with E-state index in [9.17, 15) is 9.59 Å². The van der Waals surface area contributed by atoms with Crippen LogP contribution in [0.3, 0.4) is 0 Å². The maximum atomic E-state index is 11.8. The first-order valence-electron chi connectivity index (χ1n) is 6.54. The van der Waals surface area contributed by atoms with E-state index in [4.69, 9.17) is 9.63 Å². The summed E-state index contributed by atoms with van der Waals surface area (Å²) in [6, 6.07) is 0.985. The van der Waals surface area contributed by atoms with Crippen LogP contribution in [0.4, 0.5) is 5.88 Å². The Labute approximate surface area is 117 Å². The summed E-state index contributed by atoms with van der Waals surface area (Å²) >= 11 is 0. The molecule has 1 aromatic rings. The van der Waals surface area contributed by atoms with Crippen LogP contribution in [0, 0.1) is 0 Å². The topological polar surface area (TPSA) is 95.7 Å². The van der Waals surface area contributed by atoms with E-state index < -0.39 is 12.0 Å². The minimum atomic E-state index is -0.940. The normalized spacial score (nSPS) is 12.7. The number of anilines is 1. The predicted octanol–water partition coefficient (Wildman–Crippen LogP) is 1.53. The molecular weight excluding hydrogens is 262 g/mol. The van der Waals surface area contributed by atoms with Gasteiger partial charge in [-0.15, -0.1) is 0 Å². The molecule has 0 aliphatic carbocycles. The van der Waals surface area contributed by atoms with Crippen molar-refractivity contribution in [2.75, 3.05) is 18.9 Å². The van der Waals surface area contributed by atoms with Crippen molar-refractivity contribution in [3.05, 3.63) is 11.8 Å². The first-order chi connectivity index (χ1) is 9.35. The fraction of sp³-hybridized carbons (Fsp3) is 0.615. The molecule has 1 rings (SSSR count). The van der Waals surface area contributed by atoms with Gasteiger partial charge in [-0.1, -0.05) is 25.9 Å². The van der Waals surface area contributed by atoms with Crippen LogP contribution < -0.4 is 5.32 Å². The summed E-state index contributed by atoms with van der Waals surface area (Å²) in [6.45, 7) is 5.67. The Kier molecular flexibility index (Phi) is 5.69. The van der Waals surface area contributed by atoms with Gasteiger partial charge in [-0.25, -0.2) is 0 Å². The lowest BCUT2D eigenvalue weighted by atomic mass is 10.1. The van der Waals surface area contributed by atoms with Crippen molar-refractivity contribution in [1.29, 1.82) is 0 Å². The van der Waals surface area contributed by atoms with Crippen LogP contribution in [0.2, 0.25) is 0 Å². The molecule has 7 heteroatoms. The van der Waals surface area contributed by atoms with E-state index in [1.807, 2.05) is 13.8 Å². The van der Waals surface area contributed by atoms with Gasteiger partial charge < -0.3 is 9.63 Å². The zero-order valence-electron chi connectivity index (χ0n) is 12.2. The van der Waals surface area contributed by atoms with Gasteiger partial charge in [-0.05, 0) is 19.4 Å². The molecule has 1 amide bonds. The van der Waals surface area contributed by atoms with E-state index in [-0.39, 0.29) is 24.3 Å². The highest BCUT2D eigenvalue weighted by molar-refractivity contribution is 5.91. The number of nitrogens with one attached hydrogen (secondary N) is 1. The highest BCUT2D eigenvalue weighted by Crippen LogP contribution is 2.17. The zero-order chi connectivity index (χ0) is 15.3. The highest BCUT2D eigenvalue weighted by Gasteiger charge is 2.22. The largest absolute Gasteiger partial charge is 0.480 e. The van der Waals surface area contributed by atoms with E-state index in [1.54, 1.807) is 20.0 Å². The van der Waals surface area contributed by atoms with E-state index in [0.717, 1.165) is 5.69 Å². The average molecular weight is 283 g/mol. The Morgan fingerprint density at radius 3 is 2.60 bits per heavy atom. The SMILES string of the molecule is CCC(C(=O)O)N(C)CC(=O)Nc1cc(C(C)C)no1. The van der Waals surface area contributed by atoms with Gasteiger partial charge in [0, 0.05) is 6.07 Å². The summed E-state index contributed by atoms with van der Waals surface area (Å²) in [6.07, 6.45) is 0.429. The number of likely N-dealkylation sites (N-methyl/N-ethyl adjacent to an activating group) is 1. The number of nitrogens with zero attached hydrogens (tertiary/aromatic N) is 2. The lowest BCUT2D eigenvalue weighted by Gasteiger charge is -2.22. The number of aliphatic carboxylic acids is 1. The van der Waals surface area contributed by atoms with E-state index in [2.05, 4.69) is 10.5 Å². The smallest absolute Gasteiger partial charge is 0.320 e. The van der Waals surface area contributed by atoms with Gasteiger partial charge in [0.1, 0.15) is 6.04 Å². The molecule has 0 radical (unpaired) electrons. The predicted molar refractivity (Wildman–Crippen MR) is 73.6 cm³/mol. The monoisotopic (exact) mass is 283 g/mol. The number of hydrogen-bond donors (Lipinski definition) is 2.